The van der Waals surface area contributed by atoms with Gasteiger partial charge in [-0.1, -0.05) is 17.7 Å². The third-order valence-electron chi connectivity index (χ3n) is 4.05. The SMILES string of the molecule is Cc1ccc(S(=O)(=O)N2CCC(OCCCN)CC2)c(C)c1. The van der Waals surface area contributed by atoms with E-state index in [1.807, 2.05) is 26.0 Å². The fourth-order valence-electron chi connectivity index (χ4n) is 2.80. The predicted molar refractivity (Wildman–Crippen MR) is 87.3 cm³/mol. The molecule has 0 unspecified atom stereocenters. The molecule has 2 N–H and O–H groups in total. The van der Waals surface area contributed by atoms with E-state index in [2.05, 4.69) is 0 Å². The molecule has 1 aliphatic rings. The lowest BCUT2D eigenvalue weighted by Crippen LogP contribution is -2.41. The predicted octanol–water partition coefficient (Wildman–Crippen LogP) is 1.82. The molecule has 1 heterocycles. The Kier molecular flexibility index (Phi) is 5.97. The zero-order valence-corrected chi connectivity index (χ0v) is 14.2. The van der Waals surface area contributed by atoms with Crippen molar-refractivity contribution < 1.29 is 13.2 Å². The van der Waals surface area contributed by atoms with Gasteiger partial charge in [0, 0.05) is 19.7 Å². The van der Waals surface area contributed by atoms with Crippen LogP contribution < -0.4 is 5.73 Å². The molecule has 6 heteroatoms. The smallest absolute Gasteiger partial charge is 0.243 e. The Morgan fingerprint density at radius 3 is 2.55 bits per heavy atom. The molecule has 0 bridgehead atoms. The van der Waals surface area contributed by atoms with Crippen LogP contribution in [0.1, 0.15) is 30.4 Å². The van der Waals surface area contributed by atoms with E-state index in [1.54, 1.807) is 10.4 Å². The van der Waals surface area contributed by atoms with Crippen LogP contribution >= 0.6 is 0 Å². The standard InChI is InChI=1S/C16H26N2O3S/c1-13-4-5-16(14(2)12-13)22(19,20)18-9-6-15(7-10-18)21-11-3-8-17/h4-5,12,15H,3,6-11,17H2,1-2H3. The second-order valence-electron chi connectivity index (χ2n) is 5.89. The highest BCUT2D eigenvalue weighted by atomic mass is 32.2. The number of nitrogens with two attached hydrogens (primary N) is 1. The molecular formula is C16H26N2O3S. The van der Waals surface area contributed by atoms with Gasteiger partial charge in [-0.15, -0.1) is 0 Å². The first kappa shape index (κ1) is 17.4. The van der Waals surface area contributed by atoms with Crippen molar-refractivity contribution in [3.63, 3.8) is 0 Å². The van der Waals surface area contributed by atoms with Crippen LogP contribution in [-0.2, 0) is 14.8 Å². The average molecular weight is 326 g/mol. The molecule has 0 radical (unpaired) electrons. The zero-order valence-electron chi connectivity index (χ0n) is 13.4. The van der Waals surface area contributed by atoms with Crippen LogP contribution in [0.15, 0.2) is 23.1 Å². The summed E-state index contributed by atoms with van der Waals surface area (Å²) in [6, 6.07) is 5.47. The maximum atomic E-state index is 12.8. The quantitative estimate of drug-likeness (QED) is 0.809. The summed E-state index contributed by atoms with van der Waals surface area (Å²) in [7, 11) is -3.40. The summed E-state index contributed by atoms with van der Waals surface area (Å²) < 4.78 is 32.8. The molecule has 1 saturated heterocycles. The topological polar surface area (TPSA) is 72.6 Å². The minimum absolute atomic E-state index is 0.150. The Morgan fingerprint density at radius 1 is 1.27 bits per heavy atom. The summed E-state index contributed by atoms with van der Waals surface area (Å²) in [5.74, 6) is 0. The Morgan fingerprint density at radius 2 is 1.95 bits per heavy atom. The van der Waals surface area contributed by atoms with E-state index >= 15 is 0 Å². The Balaban J connectivity index is 2.00. The van der Waals surface area contributed by atoms with Crippen molar-refractivity contribution in [1.82, 2.24) is 4.31 Å². The summed E-state index contributed by atoms with van der Waals surface area (Å²) in [6.45, 7) is 6.13. The summed E-state index contributed by atoms with van der Waals surface area (Å²) in [5, 5.41) is 0. The average Bonchev–Trinajstić information content (AvgIpc) is 2.47. The largest absolute Gasteiger partial charge is 0.378 e. The first-order chi connectivity index (χ1) is 10.4. The number of rotatable bonds is 6. The second kappa shape index (κ2) is 7.55. The molecular weight excluding hydrogens is 300 g/mol. The maximum Gasteiger partial charge on any atom is 0.243 e. The van der Waals surface area contributed by atoms with E-state index in [9.17, 15) is 8.42 Å². The number of benzene rings is 1. The number of sulfonamides is 1. The van der Waals surface area contributed by atoms with Crippen LogP contribution in [0.5, 0.6) is 0 Å². The van der Waals surface area contributed by atoms with Crippen LogP contribution in [0.2, 0.25) is 0 Å². The number of piperidine rings is 1. The van der Waals surface area contributed by atoms with E-state index in [-0.39, 0.29) is 6.10 Å². The van der Waals surface area contributed by atoms with Crippen molar-refractivity contribution in [2.75, 3.05) is 26.2 Å². The van der Waals surface area contributed by atoms with Crippen molar-refractivity contribution >= 4 is 10.0 Å². The molecule has 22 heavy (non-hydrogen) atoms. The minimum atomic E-state index is -3.40. The highest BCUT2D eigenvalue weighted by molar-refractivity contribution is 7.89. The molecule has 1 fully saturated rings. The molecule has 124 valence electrons. The van der Waals surface area contributed by atoms with E-state index < -0.39 is 10.0 Å². The summed E-state index contributed by atoms with van der Waals surface area (Å²) in [4.78, 5) is 0.417. The minimum Gasteiger partial charge on any atom is -0.378 e. The number of nitrogens with zero attached hydrogens (tertiary/aromatic N) is 1. The van der Waals surface area contributed by atoms with Gasteiger partial charge < -0.3 is 10.5 Å². The van der Waals surface area contributed by atoms with Crippen LogP contribution in [0.4, 0.5) is 0 Å². The third-order valence-corrected chi connectivity index (χ3v) is 6.11. The van der Waals surface area contributed by atoms with Gasteiger partial charge >= 0.3 is 0 Å². The van der Waals surface area contributed by atoms with Gasteiger partial charge in [0.05, 0.1) is 11.0 Å². The van der Waals surface area contributed by atoms with Crippen molar-refractivity contribution in [2.24, 2.45) is 5.73 Å². The van der Waals surface area contributed by atoms with Crippen molar-refractivity contribution in [3.8, 4) is 0 Å². The molecule has 0 aliphatic carbocycles. The highest BCUT2D eigenvalue weighted by Crippen LogP contribution is 2.25. The van der Waals surface area contributed by atoms with Crippen LogP contribution in [0, 0.1) is 13.8 Å². The Bertz CT molecular complexity index is 593. The number of hydrogen-bond acceptors (Lipinski definition) is 4. The molecule has 0 aromatic heterocycles. The molecule has 1 aliphatic heterocycles. The molecule has 0 spiro atoms. The van der Waals surface area contributed by atoms with Gasteiger partial charge in [0.1, 0.15) is 0 Å². The van der Waals surface area contributed by atoms with E-state index in [4.69, 9.17) is 10.5 Å². The molecule has 1 aromatic carbocycles. The molecule has 5 nitrogen and oxygen atoms in total. The second-order valence-corrected chi connectivity index (χ2v) is 7.79. The maximum absolute atomic E-state index is 12.8. The van der Waals surface area contributed by atoms with E-state index in [1.165, 1.54) is 0 Å². The summed E-state index contributed by atoms with van der Waals surface area (Å²) in [6.07, 6.45) is 2.49. The van der Waals surface area contributed by atoms with Crippen LogP contribution in [-0.4, -0.2) is 45.1 Å². The van der Waals surface area contributed by atoms with Crippen molar-refractivity contribution in [3.05, 3.63) is 29.3 Å². The van der Waals surface area contributed by atoms with Gasteiger partial charge in [0.2, 0.25) is 10.0 Å². The fourth-order valence-corrected chi connectivity index (χ4v) is 4.48. The number of hydrogen-bond donors (Lipinski definition) is 1. The summed E-state index contributed by atoms with van der Waals surface area (Å²) >= 11 is 0. The number of aryl methyl sites for hydroxylation is 2. The van der Waals surface area contributed by atoms with Gasteiger partial charge in [-0.05, 0) is 51.3 Å². The molecule has 0 atom stereocenters. The third kappa shape index (κ3) is 4.07. The fraction of sp³-hybridized carbons (Fsp3) is 0.625. The zero-order chi connectivity index (χ0) is 16.2. The normalized spacial score (nSPS) is 17.8. The van der Waals surface area contributed by atoms with Gasteiger partial charge in [0.15, 0.2) is 0 Å². The lowest BCUT2D eigenvalue weighted by Gasteiger charge is -2.31. The van der Waals surface area contributed by atoms with Crippen molar-refractivity contribution in [2.45, 2.75) is 44.1 Å². The van der Waals surface area contributed by atoms with Gasteiger partial charge in [0.25, 0.3) is 0 Å². The molecule has 2 rings (SSSR count). The Hall–Kier alpha value is -0.950. The number of ether oxygens (including phenoxy) is 1. The van der Waals surface area contributed by atoms with Crippen LogP contribution in [0.3, 0.4) is 0 Å². The summed E-state index contributed by atoms with van der Waals surface area (Å²) in [5.41, 5.74) is 7.32. The van der Waals surface area contributed by atoms with Gasteiger partial charge in [-0.2, -0.15) is 4.31 Å². The van der Waals surface area contributed by atoms with E-state index in [0.29, 0.717) is 31.1 Å². The lowest BCUT2D eigenvalue weighted by molar-refractivity contribution is 0.0209. The first-order valence-electron chi connectivity index (χ1n) is 7.84. The highest BCUT2D eigenvalue weighted by Gasteiger charge is 2.30. The molecule has 0 saturated carbocycles. The lowest BCUT2D eigenvalue weighted by atomic mass is 10.1. The molecule has 0 amide bonds. The van der Waals surface area contributed by atoms with Gasteiger partial charge in [-0.3, -0.25) is 0 Å². The first-order valence-corrected chi connectivity index (χ1v) is 9.28. The molecule has 1 aromatic rings. The van der Waals surface area contributed by atoms with Crippen LogP contribution in [0.25, 0.3) is 0 Å². The van der Waals surface area contributed by atoms with Crippen molar-refractivity contribution in [1.29, 1.82) is 0 Å². The van der Waals surface area contributed by atoms with Gasteiger partial charge in [-0.25, -0.2) is 8.42 Å². The monoisotopic (exact) mass is 326 g/mol. The van der Waals surface area contributed by atoms with E-state index in [0.717, 1.165) is 30.4 Å². The Labute approximate surface area is 133 Å².